The van der Waals surface area contributed by atoms with E-state index >= 15 is 0 Å². The quantitative estimate of drug-likeness (QED) is 0.426. The molecule has 0 bridgehead atoms. The van der Waals surface area contributed by atoms with E-state index in [1.165, 1.54) is 6.07 Å². The average Bonchev–Trinajstić information content (AvgIpc) is 2.45. The number of rotatable bonds is 1. The molecule has 1 aromatic carbocycles. The Balaban J connectivity index is 0.00000112. The molecule has 1 atom stereocenters. The van der Waals surface area contributed by atoms with Crippen LogP contribution in [0.3, 0.4) is 0 Å². The van der Waals surface area contributed by atoms with Gasteiger partial charge in [-0.05, 0) is 18.4 Å². The van der Waals surface area contributed by atoms with Gasteiger partial charge in [0, 0.05) is 5.56 Å². The predicted octanol–water partition coefficient (Wildman–Crippen LogP) is -2.67. The monoisotopic (exact) mass is 236 g/mol. The summed E-state index contributed by atoms with van der Waals surface area (Å²) >= 11 is 0. The van der Waals surface area contributed by atoms with Gasteiger partial charge in [-0.3, -0.25) is 0 Å². The SMILES string of the molecule is O=S(=O)([O-])C1(O)CCc2ccccc21.[Na+]. The summed E-state index contributed by atoms with van der Waals surface area (Å²) in [6.45, 7) is 0. The fourth-order valence-corrected chi connectivity index (χ4v) is 2.64. The minimum absolute atomic E-state index is 0. The van der Waals surface area contributed by atoms with Gasteiger partial charge in [0.2, 0.25) is 0 Å². The predicted molar refractivity (Wildman–Crippen MR) is 48.4 cm³/mol. The molecular formula is C9H9NaO4S. The van der Waals surface area contributed by atoms with Crippen molar-refractivity contribution in [2.45, 2.75) is 17.8 Å². The molecule has 4 nitrogen and oxygen atoms in total. The van der Waals surface area contributed by atoms with E-state index < -0.39 is 15.1 Å². The van der Waals surface area contributed by atoms with E-state index in [0.29, 0.717) is 6.42 Å². The third-order valence-electron chi connectivity index (χ3n) is 2.59. The zero-order valence-electron chi connectivity index (χ0n) is 8.30. The van der Waals surface area contributed by atoms with E-state index in [1.807, 2.05) is 0 Å². The summed E-state index contributed by atoms with van der Waals surface area (Å²) in [6.07, 6.45) is 0.381. The van der Waals surface area contributed by atoms with Gasteiger partial charge in [0.05, 0.1) is 0 Å². The number of benzene rings is 1. The molecule has 1 unspecified atom stereocenters. The molecule has 0 amide bonds. The Hall–Kier alpha value is 0.0900. The van der Waals surface area contributed by atoms with E-state index in [4.69, 9.17) is 0 Å². The summed E-state index contributed by atoms with van der Waals surface area (Å²) in [4.78, 5) is -2.22. The molecule has 76 valence electrons. The second-order valence-corrected chi connectivity index (χ2v) is 4.98. The van der Waals surface area contributed by atoms with Crippen LogP contribution >= 0.6 is 0 Å². The Morgan fingerprint density at radius 2 is 1.93 bits per heavy atom. The Morgan fingerprint density at radius 3 is 2.53 bits per heavy atom. The molecular weight excluding hydrogens is 227 g/mol. The second kappa shape index (κ2) is 4.16. The Bertz CT molecular complexity index is 471. The van der Waals surface area contributed by atoms with Crippen LogP contribution in [0.25, 0.3) is 0 Å². The van der Waals surface area contributed by atoms with Crippen LogP contribution in [0.2, 0.25) is 0 Å². The molecule has 0 saturated heterocycles. The number of hydrogen-bond donors (Lipinski definition) is 1. The van der Waals surface area contributed by atoms with Crippen LogP contribution < -0.4 is 29.6 Å². The molecule has 0 spiro atoms. The molecule has 2 rings (SSSR count). The molecule has 1 aromatic rings. The molecule has 0 radical (unpaired) electrons. The van der Waals surface area contributed by atoms with E-state index in [9.17, 15) is 18.1 Å². The van der Waals surface area contributed by atoms with Gasteiger partial charge >= 0.3 is 29.6 Å². The molecule has 1 aliphatic rings. The van der Waals surface area contributed by atoms with Crippen molar-refractivity contribution in [3.63, 3.8) is 0 Å². The maximum atomic E-state index is 10.9. The van der Waals surface area contributed by atoms with Crippen molar-refractivity contribution in [3.05, 3.63) is 35.4 Å². The minimum Gasteiger partial charge on any atom is -0.745 e. The third kappa shape index (κ3) is 2.00. The molecule has 0 heterocycles. The van der Waals surface area contributed by atoms with E-state index in [2.05, 4.69) is 0 Å². The Kier molecular flexibility index (Phi) is 3.65. The number of aliphatic hydroxyl groups is 1. The third-order valence-corrected chi connectivity index (χ3v) is 3.84. The topological polar surface area (TPSA) is 77.4 Å². The van der Waals surface area contributed by atoms with Gasteiger partial charge in [-0.15, -0.1) is 0 Å². The van der Waals surface area contributed by atoms with Crippen molar-refractivity contribution in [2.75, 3.05) is 0 Å². The first-order valence-corrected chi connectivity index (χ1v) is 5.62. The Morgan fingerprint density at radius 1 is 1.33 bits per heavy atom. The maximum Gasteiger partial charge on any atom is 1.00 e. The number of aryl methyl sites for hydroxylation is 1. The molecule has 0 aliphatic heterocycles. The summed E-state index contributed by atoms with van der Waals surface area (Å²) in [5.41, 5.74) is 0.962. The fraction of sp³-hybridized carbons (Fsp3) is 0.333. The van der Waals surface area contributed by atoms with Crippen molar-refractivity contribution >= 4 is 10.1 Å². The molecule has 0 fully saturated rings. The van der Waals surface area contributed by atoms with Gasteiger partial charge in [-0.1, -0.05) is 24.3 Å². The fourth-order valence-electron chi connectivity index (χ4n) is 1.82. The molecule has 1 aliphatic carbocycles. The van der Waals surface area contributed by atoms with Gasteiger partial charge in [-0.2, -0.15) is 0 Å². The van der Waals surface area contributed by atoms with Crippen LogP contribution in [-0.4, -0.2) is 18.1 Å². The summed E-state index contributed by atoms with van der Waals surface area (Å²) < 4.78 is 32.7. The Labute approximate surface area is 110 Å². The summed E-state index contributed by atoms with van der Waals surface area (Å²) in [5, 5.41) is 9.78. The average molecular weight is 236 g/mol. The number of hydrogen-bond acceptors (Lipinski definition) is 4. The van der Waals surface area contributed by atoms with Crippen molar-refractivity contribution in [2.24, 2.45) is 0 Å². The minimum atomic E-state index is -4.71. The first-order chi connectivity index (χ1) is 6.45. The first kappa shape index (κ1) is 13.2. The van der Waals surface area contributed by atoms with Crippen molar-refractivity contribution in [3.8, 4) is 0 Å². The first-order valence-electron chi connectivity index (χ1n) is 4.21. The van der Waals surface area contributed by atoms with Crippen LogP contribution in [0.4, 0.5) is 0 Å². The normalized spacial score (nSPS) is 24.4. The van der Waals surface area contributed by atoms with Crippen LogP contribution in [0, 0.1) is 0 Å². The van der Waals surface area contributed by atoms with Crippen molar-refractivity contribution in [1.29, 1.82) is 0 Å². The number of fused-ring (bicyclic) bond motifs is 1. The molecule has 0 saturated carbocycles. The molecule has 6 heteroatoms. The van der Waals surface area contributed by atoms with Crippen LogP contribution in [0.1, 0.15) is 17.5 Å². The van der Waals surface area contributed by atoms with Crippen LogP contribution in [-0.2, 0) is 21.5 Å². The smallest absolute Gasteiger partial charge is 0.745 e. The van der Waals surface area contributed by atoms with Crippen LogP contribution in [0.5, 0.6) is 0 Å². The maximum absolute atomic E-state index is 10.9. The van der Waals surface area contributed by atoms with Gasteiger partial charge in [0.25, 0.3) is 0 Å². The van der Waals surface area contributed by atoms with Crippen molar-refractivity contribution in [1.82, 2.24) is 0 Å². The van der Waals surface area contributed by atoms with Gasteiger partial charge in [-0.25, -0.2) is 8.42 Å². The van der Waals surface area contributed by atoms with E-state index in [-0.39, 0.29) is 41.5 Å². The standard InChI is InChI=1S/C9H10O4S.Na/c10-9(14(11,12)13)6-5-7-3-1-2-4-8(7)9;/h1-4,10H,5-6H2,(H,11,12,13);/q;+1/p-1. The van der Waals surface area contributed by atoms with E-state index in [1.54, 1.807) is 18.2 Å². The van der Waals surface area contributed by atoms with Gasteiger partial charge < -0.3 is 9.66 Å². The molecule has 0 aromatic heterocycles. The van der Waals surface area contributed by atoms with Crippen molar-refractivity contribution < 1.29 is 47.6 Å². The molecule has 1 N–H and O–H groups in total. The zero-order valence-corrected chi connectivity index (χ0v) is 11.1. The summed E-state index contributed by atoms with van der Waals surface area (Å²) in [6, 6.07) is 6.57. The zero-order chi connectivity index (χ0) is 10.4. The van der Waals surface area contributed by atoms with Gasteiger partial charge in [0.1, 0.15) is 10.1 Å². The summed E-state index contributed by atoms with van der Waals surface area (Å²) in [5.74, 6) is 0. The largest absolute Gasteiger partial charge is 1.00 e. The second-order valence-electron chi connectivity index (χ2n) is 3.40. The molecule has 15 heavy (non-hydrogen) atoms. The van der Waals surface area contributed by atoms with Gasteiger partial charge in [0.15, 0.2) is 4.93 Å². The summed E-state index contributed by atoms with van der Waals surface area (Å²) in [7, 11) is -4.71. The van der Waals surface area contributed by atoms with E-state index in [0.717, 1.165) is 5.56 Å². The van der Waals surface area contributed by atoms with Crippen LogP contribution in [0.15, 0.2) is 24.3 Å².